The predicted octanol–water partition coefficient (Wildman–Crippen LogP) is 5.97. The highest BCUT2D eigenvalue weighted by molar-refractivity contribution is 8.00. The molecule has 3 aliphatic heterocycles. The number of anilines is 3. The van der Waals surface area contributed by atoms with Gasteiger partial charge in [-0.25, -0.2) is 0 Å². The molecule has 33 nitrogen and oxygen atoms in total. The number of hydrogen-bond donors (Lipinski definition) is 3. The van der Waals surface area contributed by atoms with Crippen LogP contribution in [0.4, 0.5) is 17.1 Å². The lowest BCUT2D eigenvalue weighted by atomic mass is 9.99. The molecule has 0 radical (unpaired) electrons. The number of thioether (sulfide) groups is 3. The Hall–Kier alpha value is -10.1. The number of ether oxygens (including phenoxy) is 15. The lowest BCUT2D eigenvalue weighted by molar-refractivity contribution is -0.237. The Labute approximate surface area is 612 Å². The topological polar surface area (TPSA) is 431 Å². The zero-order valence-electron chi connectivity index (χ0n) is 58.4. The fourth-order valence-electron chi connectivity index (χ4n) is 10.7. The fourth-order valence-corrected chi connectivity index (χ4v) is 14.0. The van der Waals surface area contributed by atoms with Crippen LogP contribution in [0.15, 0.2) is 106 Å². The summed E-state index contributed by atoms with van der Waals surface area (Å²) in [5.41, 5.74) is -3.70. The third-order valence-corrected chi connectivity index (χ3v) is 18.1. The Morgan fingerprint density at radius 3 is 0.657 bits per heavy atom. The Morgan fingerprint density at radius 2 is 0.467 bits per heavy atom. The minimum absolute atomic E-state index is 0.176. The maximum absolute atomic E-state index is 14.4. The van der Waals surface area contributed by atoms with Crippen molar-refractivity contribution in [2.45, 2.75) is 187 Å². The van der Waals surface area contributed by atoms with E-state index in [1.807, 2.05) is 0 Å². The summed E-state index contributed by atoms with van der Waals surface area (Å²) in [5.74, 6) is -12.0. The molecule has 3 saturated heterocycles. The highest BCUT2D eigenvalue weighted by Gasteiger charge is 2.55. The van der Waals surface area contributed by atoms with Gasteiger partial charge in [0.1, 0.15) is 54.4 Å². The van der Waals surface area contributed by atoms with Gasteiger partial charge in [-0.1, -0.05) is 35.3 Å². The molecule has 15 atom stereocenters. The summed E-state index contributed by atoms with van der Waals surface area (Å²) in [7, 11) is 0. The van der Waals surface area contributed by atoms with E-state index in [0.717, 1.165) is 118 Å². The summed E-state index contributed by atoms with van der Waals surface area (Å²) in [6.45, 7) is 11.8. The van der Waals surface area contributed by atoms with Crippen molar-refractivity contribution in [2.24, 2.45) is 0 Å². The molecule has 36 heteroatoms. The summed E-state index contributed by atoms with van der Waals surface area (Å²) in [6, 6.07) is 21.7. The smallest absolute Gasteiger partial charge is 0.303 e. The van der Waals surface area contributed by atoms with Crippen LogP contribution in [0, 0.1) is 0 Å². The molecule has 4 aromatic carbocycles. The molecule has 3 aliphatic rings. The minimum Gasteiger partial charge on any atom is -0.463 e. The maximum Gasteiger partial charge on any atom is 0.303 e. The van der Waals surface area contributed by atoms with Gasteiger partial charge in [-0.3, -0.25) is 71.9 Å². The van der Waals surface area contributed by atoms with Crippen molar-refractivity contribution in [1.29, 1.82) is 0 Å². The first-order valence-electron chi connectivity index (χ1n) is 31.9. The van der Waals surface area contributed by atoms with Gasteiger partial charge in [0.05, 0.1) is 0 Å². The van der Waals surface area contributed by atoms with Crippen LogP contribution < -0.4 is 16.0 Å². The number of carbonyl (C=O) groups is 15. The molecular weight excluding hydrogens is 1450 g/mol. The van der Waals surface area contributed by atoms with E-state index in [9.17, 15) is 71.9 Å². The van der Waals surface area contributed by atoms with Gasteiger partial charge < -0.3 is 87.0 Å². The monoisotopic (exact) mass is 1520 g/mol. The van der Waals surface area contributed by atoms with Gasteiger partial charge in [0.2, 0.25) is 0 Å². The third-order valence-electron chi connectivity index (χ3n) is 14.7. The molecule has 0 aliphatic carbocycles. The van der Waals surface area contributed by atoms with Crippen molar-refractivity contribution in [1.82, 2.24) is 0 Å². The second-order valence-corrected chi connectivity index (χ2v) is 26.8. The highest BCUT2D eigenvalue weighted by atomic mass is 32.2. The number of rotatable bonds is 27. The molecule has 0 saturated carbocycles. The molecule has 3 amide bonds. The van der Waals surface area contributed by atoms with E-state index in [4.69, 9.17) is 71.1 Å². The van der Waals surface area contributed by atoms with Gasteiger partial charge in [-0.15, -0.1) is 0 Å². The molecule has 105 heavy (non-hydrogen) atoms. The third kappa shape index (κ3) is 24.8. The van der Waals surface area contributed by atoms with Crippen LogP contribution in [0.1, 0.15) is 114 Å². The van der Waals surface area contributed by atoms with E-state index in [0.29, 0.717) is 14.7 Å². The molecule has 0 unspecified atom stereocenters. The predicted molar refractivity (Wildman–Crippen MR) is 363 cm³/mol. The quantitative estimate of drug-likeness (QED) is 0.0457. The number of amides is 3. The Balaban J connectivity index is 1.18. The van der Waals surface area contributed by atoms with Gasteiger partial charge in [-0.05, 0) is 91.0 Å². The van der Waals surface area contributed by atoms with Gasteiger partial charge in [0.25, 0.3) is 17.7 Å². The fraction of sp³-hybridized carbons (Fsp3) is 0.435. The van der Waals surface area contributed by atoms with E-state index in [-0.39, 0.29) is 33.8 Å². The average Bonchev–Trinajstić information content (AvgIpc) is 0.794. The van der Waals surface area contributed by atoms with Gasteiger partial charge in [-0.2, -0.15) is 0 Å². The summed E-state index contributed by atoms with van der Waals surface area (Å²) in [5, 5.41) is 8.22. The second-order valence-electron chi connectivity index (χ2n) is 23.3. The second kappa shape index (κ2) is 38.0. The molecule has 3 N–H and O–H groups in total. The Bertz CT molecular complexity index is 3510. The molecule has 3 heterocycles. The zero-order chi connectivity index (χ0) is 77.1. The van der Waals surface area contributed by atoms with Crippen LogP contribution in [0.2, 0.25) is 0 Å². The molecule has 564 valence electrons. The lowest BCUT2D eigenvalue weighted by Gasteiger charge is -2.44. The average molecular weight is 1520 g/mol. The van der Waals surface area contributed by atoms with Crippen molar-refractivity contribution in [2.75, 3.05) is 35.8 Å². The van der Waals surface area contributed by atoms with Gasteiger partial charge in [0.15, 0.2) is 54.9 Å². The van der Waals surface area contributed by atoms with Crippen LogP contribution >= 0.6 is 35.3 Å². The summed E-state index contributed by atoms with van der Waals surface area (Å²) >= 11 is 2.91. The molecule has 0 bridgehead atoms. The van der Waals surface area contributed by atoms with Crippen molar-refractivity contribution in [3.8, 4) is 0 Å². The molecule has 0 spiro atoms. The number of nitrogens with one attached hydrogen (secondary N) is 3. The van der Waals surface area contributed by atoms with Crippen LogP contribution in [-0.4, -0.2) is 199 Å². The molecule has 7 rings (SSSR count). The summed E-state index contributed by atoms with van der Waals surface area (Å²) in [6.07, 6.45) is -16.4. The maximum atomic E-state index is 14.4. The zero-order valence-corrected chi connectivity index (χ0v) is 60.9. The van der Waals surface area contributed by atoms with Crippen molar-refractivity contribution < 1.29 is 143 Å². The van der Waals surface area contributed by atoms with Crippen LogP contribution in [0.5, 0.6) is 0 Å². The lowest BCUT2D eigenvalue weighted by Crippen LogP contribution is -2.61. The van der Waals surface area contributed by atoms with Crippen molar-refractivity contribution >= 4 is 142 Å². The van der Waals surface area contributed by atoms with Gasteiger partial charge in [0, 0.05) is 132 Å². The number of carbonyl (C=O) groups excluding carboxylic acids is 15. The van der Waals surface area contributed by atoms with Crippen molar-refractivity contribution in [3.05, 3.63) is 108 Å². The minimum atomic E-state index is -1.45. The van der Waals surface area contributed by atoms with Crippen LogP contribution in [0.3, 0.4) is 0 Å². The molecule has 3 fully saturated rings. The standard InChI is InChI=1S/C69H75N3O30S3/c1-31(73)88-28-52-55(91-34(4)76)58(94-37(7)79)61(97-40(10)82)67(100-52)103-49-19-13-46(14-20-49)70-64(85)43-25-44(65(86)71-47-15-21-50(22-16-47)104-68-62(98-41(11)83)59(95-38(8)80)56(92-35(5)77)53(101-68)29-89-32(2)74)27-45(26-43)66(87)72-48-17-23-51(24-18-48)105-69-63(99-42(12)84)60(96-39(9)81)57(93-36(6)78)54(102-69)30-90-33(3)75/h13-27,52-63,67-69H,28-30H2,1-12H3,(H,70,85)(H,71,86)(H,72,87)/t52-,53-,54-,55-,56-,57-,58+,59+,60+,61-,62-,63-,67+,68+,69+/m1/s1. The number of benzene rings is 4. The number of hydrogen-bond acceptors (Lipinski definition) is 33. The van der Waals surface area contributed by atoms with E-state index < -0.39 is 199 Å². The van der Waals surface area contributed by atoms with Crippen molar-refractivity contribution in [3.63, 3.8) is 0 Å². The molecule has 0 aromatic heterocycles. The first-order chi connectivity index (χ1) is 49.6. The Morgan fingerprint density at radius 1 is 0.276 bits per heavy atom. The first kappa shape index (κ1) is 82.1. The molecular formula is C69H75N3O30S3. The van der Waals surface area contributed by atoms with E-state index >= 15 is 0 Å². The summed E-state index contributed by atoms with van der Waals surface area (Å²) < 4.78 is 84.2. The molecule has 4 aromatic rings. The highest BCUT2D eigenvalue weighted by Crippen LogP contribution is 2.42. The van der Waals surface area contributed by atoms with Crippen LogP contribution in [-0.2, 0) is 129 Å². The van der Waals surface area contributed by atoms with E-state index in [1.54, 1.807) is 0 Å². The SMILES string of the molecule is CC(=O)OC[C@H]1O[C@@H](Sc2ccc(NC(=O)c3cc(C(=O)Nc4ccc(S[C@@H]5O[C@H](COC(C)=O)[C@@H](OC(C)=O)[C@H](OC(C)=O)[C@H]5OC(C)=O)cc4)cc(C(=O)Nc4ccc(S[C@@H]5O[C@H](COC(C)=O)[C@@H](OC(C)=O)[C@H](OC(C)=O)[C@H]5OC(C)=O)cc4)c3)cc2)[C@H](OC(C)=O)[C@@H](OC(C)=O)[C@@H]1OC(C)=O. The normalized spacial score (nSPS) is 23.8. The van der Waals surface area contributed by atoms with Crippen LogP contribution in [0.25, 0.3) is 0 Å². The summed E-state index contributed by atoms with van der Waals surface area (Å²) in [4.78, 5) is 192. The first-order valence-corrected chi connectivity index (χ1v) is 34.5. The van der Waals surface area contributed by atoms with E-state index in [1.165, 1.54) is 91.0 Å². The Kier molecular flexibility index (Phi) is 29.8. The number of esters is 12. The van der Waals surface area contributed by atoms with Gasteiger partial charge >= 0.3 is 71.6 Å². The van der Waals surface area contributed by atoms with E-state index in [2.05, 4.69) is 16.0 Å². The largest absolute Gasteiger partial charge is 0.463 e.